The number of nitrogens with zero attached hydrogens (tertiary/aromatic N) is 1. The van der Waals surface area contributed by atoms with Crippen molar-refractivity contribution in [3.05, 3.63) is 59.0 Å². The van der Waals surface area contributed by atoms with Gasteiger partial charge in [0, 0.05) is 30.9 Å². The van der Waals surface area contributed by atoms with Gasteiger partial charge in [-0.2, -0.15) is 0 Å². The van der Waals surface area contributed by atoms with Crippen molar-refractivity contribution in [2.24, 2.45) is 0 Å². The number of rotatable bonds is 4. The first kappa shape index (κ1) is 18.7. The van der Waals surface area contributed by atoms with Gasteiger partial charge in [-0.15, -0.1) is 0 Å². The van der Waals surface area contributed by atoms with Gasteiger partial charge in [0.15, 0.2) is 5.11 Å². The van der Waals surface area contributed by atoms with E-state index in [4.69, 9.17) is 17.0 Å². The number of aryl methyl sites for hydroxylation is 2. The number of benzene rings is 1. The molecular weight excluding hydrogens is 349 g/mol. The van der Waals surface area contributed by atoms with Crippen LogP contribution in [0.3, 0.4) is 0 Å². The lowest BCUT2D eigenvalue weighted by molar-refractivity contribution is 0.0515. The zero-order valence-corrected chi connectivity index (χ0v) is 16.0. The van der Waals surface area contributed by atoms with Gasteiger partial charge in [-0.1, -0.05) is 12.1 Å². The summed E-state index contributed by atoms with van der Waals surface area (Å²) in [6, 6.07) is 10.7. The van der Waals surface area contributed by atoms with Gasteiger partial charge in [-0.3, -0.25) is 0 Å². The summed E-state index contributed by atoms with van der Waals surface area (Å²) in [6.45, 7) is 6.04. The van der Waals surface area contributed by atoms with Crippen molar-refractivity contribution in [3.8, 4) is 0 Å². The van der Waals surface area contributed by atoms with Crippen LogP contribution in [0.1, 0.15) is 29.7 Å². The molecule has 138 valence electrons. The highest BCUT2D eigenvalue weighted by atomic mass is 32.1. The molecule has 4 nitrogen and oxygen atoms in total. The number of hydrogen-bond acceptors (Lipinski definition) is 3. The third-order valence-corrected chi connectivity index (χ3v) is 5.08. The summed E-state index contributed by atoms with van der Waals surface area (Å²) in [6.07, 6.45) is 1.74. The first-order valence-corrected chi connectivity index (χ1v) is 9.22. The Hall–Kier alpha value is -2.05. The highest BCUT2D eigenvalue weighted by Crippen LogP contribution is 2.34. The van der Waals surface area contributed by atoms with Crippen LogP contribution in [0.15, 0.2) is 36.4 Å². The van der Waals surface area contributed by atoms with Crippen LogP contribution in [-0.2, 0) is 10.2 Å². The maximum absolute atomic E-state index is 13.3. The highest BCUT2D eigenvalue weighted by Gasteiger charge is 2.34. The Kier molecular flexibility index (Phi) is 5.84. The molecule has 1 fully saturated rings. The van der Waals surface area contributed by atoms with E-state index in [0.29, 0.717) is 24.9 Å². The molecule has 0 atom stereocenters. The molecule has 0 aliphatic carbocycles. The minimum Gasteiger partial charge on any atom is -0.381 e. The summed E-state index contributed by atoms with van der Waals surface area (Å²) in [5.74, 6) is 0.518. The van der Waals surface area contributed by atoms with Crippen LogP contribution in [0, 0.1) is 19.7 Å². The zero-order chi connectivity index (χ0) is 18.6. The minimum atomic E-state index is -0.220. The third-order valence-electron chi connectivity index (χ3n) is 4.83. The van der Waals surface area contributed by atoms with Gasteiger partial charge in [0.05, 0.1) is 0 Å². The summed E-state index contributed by atoms with van der Waals surface area (Å²) in [5.41, 5.74) is 3.08. The number of nitrogens with one attached hydrogen (secondary N) is 2. The smallest absolute Gasteiger partial charge is 0.171 e. The lowest BCUT2D eigenvalue weighted by Crippen LogP contribution is -2.45. The topological polar surface area (TPSA) is 46.2 Å². The highest BCUT2D eigenvalue weighted by molar-refractivity contribution is 7.80. The maximum atomic E-state index is 13.3. The zero-order valence-electron chi connectivity index (χ0n) is 15.1. The molecule has 0 bridgehead atoms. The van der Waals surface area contributed by atoms with E-state index >= 15 is 0 Å². The van der Waals surface area contributed by atoms with Gasteiger partial charge >= 0.3 is 0 Å². The fourth-order valence-corrected chi connectivity index (χ4v) is 3.63. The van der Waals surface area contributed by atoms with Crippen LogP contribution in [0.5, 0.6) is 0 Å². The second kappa shape index (κ2) is 8.10. The molecule has 1 saturated heterocycles. The SMILES string of the molecule is Cc1cc(C)nc(NC(=S)NCC2(c3ccc(F)cc3)CCOCC2)c1. The average molecular weight is 373 g/mol. The maximum Gasteiger partial charge on any atom is 0.171 e. The lowest BCUT2D eigenvalue weighted by Gasteiger charge is -2.38. The Morgan fingerprint density at radius 1 is 1.19 bits per heavy atom. The molecule has 1 aromatic heterocycles. The molecular formula is C20H24FN3OS. The molecule has 26 heavy (non-hydrogen) atoms. The summed E-state index contributed by atoms with van der Waals surface area (Å²) >= 11 is 5.46. The monoisotopic (exact) mass is 373 g/mol. The third kappa shape index (κ3) is 4.56. The van der Waals surface area contributed by atoms with Gasteiger partial charge in [-0.25, -0.2) is 9.37 Å². The normalized spacial score (nSPS) is 16.1. The number of pyridine rings is 1. The van der Waals surface area contributed by atoms with Crippen LogP contribution in [0.4, 0.5) is 10.2 Å². The number of aromatic nitrogens is 1. The molecule has 6 heteroatoms. The molecule has 0 saturated carbocycles. The Morgan fingerprint density at radius 2 is 1.88 bits per heavy atom. The number of thiocarbonyl (C=S) groups is 1. The first-order valence-electron chi connectivity index (χ1n) is 8.81. The molecule has 3 rings (SSSR count). The van der Waals surface area contributed by atoms with E-state index < -0.39 is 0 Å². The Morgan fingerprint density at radius 3 is 2.54 bits per heavy atom. The van der Waals surface area contributed by atoms with E-state index in [9.17, 15) is 4.39 Å². The number of anilines is 1. The van der Waals surface area contributed by atoms with Crippen LogP contribution < -0.4 is 10.6 Å². The van der Waals surface area contributed by atoms with Crippen LogP contribution in [0.25, 0.3) is 0 Å². The molecule has 2 heterocycles. The van der Waals surface area contributed by atoms with Crippen molar-refractivity contribution in [2.75, 3.05) is 25.1 Å². The molecule has 0 radical (unpaired) electrons. The minimum absolute atomic E-state index is 0.117. The largest absolute Gasteiger partial charge is 0.381 e. The van der Waals surface area contributed by atoms with Crippen molar-refractivity contribution in [2.45, 2.75) is 32.1 Å². The van der Waals surface area contributed by atoms with E-state index in [1.54, 1.807) is 0 Å². The molecule has 0 unspecified atom stereocenters. The Balaban J connectivity index is 1.69. The second-order valence-electron chi connectivity index (χ2n) is 6.88. The fraction of sp³-hybridized carbons (Fsp3) is 0.400. The molecule has 1 aliphatic heterocycles. The summed E-state index contributed by atoms with van der Waals surface area (Å²) in [5, 5.41) is 7.02. The first-order chi connectivity index (χ1) is 12.5. The predicted octanol–water partition coefficient (Wildman–Crippen LogP) is 3.87. The molecule has 0 amide bonds. The average Bonchev–Trinajstić information content (AvgIpc) is 2.60. The van der Waals surface area contributed by atoms with Crippen molar-refractivity contribution in [1.82, 2.24) is 10.3 Å². The van der Waals surface area contributed by atoms with Crippen molar-refractivity contribution < 1.29 is 9.13 Å². The molecule has 2 N–H and O–H groups in total. The van der Waals surface area contributed by atoms with E-state index in [0.717, 1.165) is 35.5 Å². The molecule has 1 aliphatic rings. The fourth-order valence-electron chi connectivity index (χ4n) is 3.45. The molecule has 1 aromatic carbocycles. The van der Waals surface area contributed by atoms with Crippen molar-refractivity contribution in [1.29, 1.82) is 0 Å². The Labute approximate surface area is 159 Å². The van der Waals surface area contributed by atoms with Crippen LogP contribution in [-0.4, -0.2) is 29.9 Å². The van der Waals surface area contributed by atoms with Crippen LogP contribution in [0.2, 0.25) is 0 Å². The van der Waals surface area contributed by atoms with Crippen molar-refractivity contribution >= 4 is 23.1 Å². The number of hydrogen-bond donors (Lipinski definition) is 2. The van der Waals surface area contributed by atoms with Crippen LogP contribution >= 0.6 is 12.2 Å². The quantitative estimate of drug-likeness (QED) is 0.797. The van der Waals surface area contributed by atoms with E-state index in [1.165, 1.54) is 12.1 Å². The summed E-state index contributed by atoms with van der Waals surface area (Å²) in [4.78, 5) is 4.45. The number of halogens is 1. The number of ether oxygens (including phenoxy) is 1. The van der Waals surface area contributed by atoms with Crippen molar-refractivity contribution in [3.63, 3.8) is 0 Å². The Bertz CT molecular complexity index is 753. The van der Waals surface area contributed by atoms with Gasteiger partial charge in [-0.05, 0) is 74.3 Å². The summed E-state index contributed by atoms with van der Waals surface area (Å²) < 4.78 is 18.9. The van der Waals surface area contributed by atoms with E-state index in [1.807, 2.05) is 38.1 Å². The van der Waals surface area contributed by atoms with Gasteiger partial charge < -0.3 is 15.4 Å². The van der Waals surface area contributed by atoms with E-state index in [-0.39, 0.29) is 11.2 Å². The summed E-state index contributed by atoms with van der Waals surface area (Å²) in [7, 11) is 0. The van der Waals surface area contributed by atoms with Gasteiger partial charge in [0.1, 0.15) is 11.6 Å². The predicted molar refractivity (Wildman–Crippen MR) is 106 cm³/mol. The molecule has 0 spiro atoms. The standard InChI is InChI=1S/C20H24FN3OS/c1-14-11-15(2)23-18(12-14)24-19(26)22-13-20(7-9-25-10-8-20)16-3-5-17(21)6-4-16/h3-6,11-12H,7-10,13H2,1-2H3,(H2,22,23,24,26). The van der Waals surface area contributed by atoms with E-state index in [2.05, 4.69) is 15.6 Å². The van der Waals surface area contributed by atoms with Gasteiger partial charge in [0.25, 0.3) is 0 Å². The lowest BCUT2D eigenvalue weighted by atomic mass is 9.74. The second-order valence-corrected chi connectivity index (χ2v) is 7.29. The molecule has 2 aromatic rings. The van der Waals surface area contributed by atoms with Gasteiger partial charge in [0.2, 0.25) is 0 Å².